The molecule has 2 aromatic heterocycles. The van der Waals surface area contributed by atoms with Crippen molar-refractivity contribution in [1.29, 1.82) is 0 Å². The Kier molecular flexibility index (Phi) is 4.87. The van der Waals surface area contributed by atoms with Crippen LogP contribution in [0.4, 0.5) is 0 Å². The first-order chi connectivity index (χ1) is 14.8. The van der Waals surface area contributed by atoms with Crippen LogP contribution in [0.15, 0.2) is 95.8 Å². The quantitative estimate of drug-likeness (QED) is 0.393. The lowest BCUT2D eigenvalue weighted by Crippen LogP contribution is -2.07. The van der Waals surface area contributed by atoms with Crippen LogP contribution in [0.2, 0.25) is 0 Å². The lowest BCUT2D eigenvalue weighted by molar-refractivity contribution is 0.306. The number of nitrogens with zero attached hydrogens (tertiary/aromatic N) is 1. The molecule has 0 spiro atoms. The van der Waals surface area contributed by atoms with Crippen molar-refractivity contribution in [3.8, 4) is 27.6 Å². The predicted octanol–water partition coefficient (Wildman–Crippen LogP) is 5.90. The molecule has 0 radical (unpaired) electrons. The molecule has 4 nitrogen and oxygen atoms in total. The summed E-state index contributed by atoms with van der Waals surface area (Å²) in [4.78, 5) is 22.0. The summed E-state index contributed by atoms with van der Waals surface area (Å²) in [5, 5.41) is 0.616. The van der Waals surface area contributed by atoms with E-state index in [1.165, 1.54) is 11.3 Å². The van der Waals surface area contributed by atoms with Crippen LogP contribution in [-0.4, -0.2) is 9.97 Å². The maximum absolute atomic E-state index is 12.6. The van der Waals surface area contributed by atoms with E-state index in [-0.39, 0.29) is 5.56 Å². The Morgan fingerprint density at radius 1 is 0.833 bits per heavy atom. The van der Waals surface area contributed by atoms with Gasteiger partial charge < -0.3 is 9.72 Å². The third-order valence-electron chi connectivity index (χ3n) is 4.84. The van der Waals surface area contributed by atoms with E-state index < -0.39 is 0 Å². The van der Waals surface area contributed by atoms with E-state index in [1.54, 1.807) is 0 Å². The van der Waals surface area contributed by atoms with E-state index >= 15 is 0 Å². The molecule has 0 bridgehead atoms. The second-order valence-electron chi connectivity index (χ2n) is 6.91. The molecule has 5 aromatic rings. The summed E-state index contributed by atoms with van der Waals surface area (Å²) in [6.45, 7) is 0.513. The Morgan fingerprint density at radius 2 is 1.53 bits per heavy atom. The van der Waals surface area contributed by atoms with Crippen LogP contribution in [0.1, 0.15) is 5.56 Å². The Hall–Kier alpha value is -3.70. The second-order valence-corrected chi connectivity index (χ2v) is 7.94. The average molecular weight is 410 g/mol. The monoisotopic (exact) mass is 410 g/mol. The Bertz CT molecular complexity index is 1340. The highest BCUT2D eigenvalue weighted by molar-refractivity contribution is 7.21. The molecular formula is C25H18N2O2S. The number of ether oxygens (including phenoxy) is 1. The van der Waals surface area contributed by atoms with E-state index in [4.69, 9.17) is 9.72 Å². The fourth-order valence-corrected chi connectivity index (χ4v) is 4.30. The summed E-state index contributed by atoms with van der Waals surface area (Å²) in [6, 6.07) is 29.6. The normalized spacial score (nSPS) is 10.9. The molecule has 0 aliphatic heterocycles. The molecule has 5 rings (SSSR count). The number of aromatic amines is 1. The van der Waals surface area contributed by atoms with Crippen LogP contribution in [-0.2, 0) is 6.61 Å². The van der Waals surface area contributed by atoms with Crippen molar-refractivity contribution < 1.29 is 4.74 Å². The second kappa shape index (κ2) is 7.97. The molecule has 0 saturated heterocycles. The van der Waals surface area contributed by atoms with E-state index in [0.29, 0.717) is 17.8 Å². The molecule has 0 amide bonds. The van der Waals surface area contributed by atoms with Crippen LogP contribution in [0.3, 0.4) is 0 Å². The molecule has 3 aromatic carbocycles. The summed E-state index contributed by atoms with van der Waals surface area (Å²) in [5.41, 5.74) is 2.92. The zero-order valence-electron chi connectivity index (χ0n) is 16.0. The van der Waals surface area contributed by atoms with Crippen molar-refractivity contribution in [2.24, 2.45) is 0 Å². The topological polar surface area (TPSA) is 55.0 Å². The van der Waals surface area contributed by atoms with Crippen LogP contribution in [0.5, 0.6) is 5.75 Å². The summed E-state index contributed by atoms with van der Waals surface area (Å²) in [5.74, 6) is 1.33. The van der Waals surface area contributed by atoms with Gasteiger partial charge in [0, 0.05) is 10.4 Å². The molecule has 0 saturated carbocycles. The molecule has 5 heteroatoms. The van der Waals surface area contributed by atoms with Crippen molar-refractivity contribution in [2.75, 3.05) is 0 Å². The number of fused-ring (bicyclic) bond motifs is 1. The molecule has 0 fully saturated rings. The lowest BCUT2D eigenvalue weighted by atomic mass is 10.2. The number of H-pyrrole nitrogens is 1. The van der Waals surface area contributed by atoms with Gasteiger partial charge in [-0.05, 0) is 41.5 Å². The third-order valence-corrected chi connectivity index (χ3v) is 5.91. The first-order valence-corrected chi connectivity index (χ1v) is 10.4. The van der Waals surface area contributed by atoms with Crippen LogP contribution in [0.25, 0.3) is 32.0 Å². The number of hydrogen-bond acceptors (Lipinski definition) is 4. The smallest absolute Gasteiger partial charge is 0.259 e. The maximum Gasteiger partial charge on any atom is 0.259 e. The number of aromatic nitrogens is 2. The highest BCUT2D eigenvalue weighted by Gasteiger charge is 2.11. The van der Waals surface area contributed by atoms with Gasteiger partial charge in [-0.15, -0.1) is 11.3 Å². The highest BCUT2D eigenvalue weighted by atomic mass is 32.1. The summed E-state index contributed by atoms with van der Waals surface area (Å²) >= 11 is 1.53. The summed E-state index contributed by atoms with van der Waals surface area (Å²) in [7, 11) is 0. The van der Waals surface area contributed by atoms with Gasteiger partial charge in [-0.25, -0.2) is 4.98 Å². The Balaban J connectivity index is 1.41. The van der Waals surface area contributed by atoms with Gasteiger partial charge in [0.2, 0.25) is 0 Å². The molecule has 0 unspecified atom stereocenters. The third kappa shape index (κ3) is 3.75. The van der Waals surface area contributed by atoms with Crippen LogP contribution < -0.4 is 10.3 Å². The van der Waals surface area contributed by atoms with Gasteiger partial charge in [-0.2, -0.15) is 0 Å². The highest BCUT2D eigenvalue weighted by Crippen LogP contribution is 2.31. The van der Waals surface area contributed by atoms with Crippen LogP contribution in [0, 0.1) is 0 Å². The minimum atomic E-state index is -0.127. The summed E-state index contributed by atoms with van der Waals surface area (Å²) < 4.78 is 5.84. The van der Waals surface area contributed by atoms with Crippen molar-refractivity contribution in [2.45, 2.75) is 6.61 Å². The molecule has 0 aliphatic rings. The van der Waals surface area contributed by atoms with E-state index in [9.17, 15) is 4.79 Å². The largest absolute Gasteiger partial charge is 0.489 e. The molecular weight excluding hydrogens is 392 g/mol. The van der Waals surface area contributed by atoms with E-state index in [2.05, 4.69) is 4.98 Å². The number of benzene rings is 3. The van der Waals surface area contributed by atoms with Crippen molar-refractivity contribution in [3.63, 3.8) is 0 Å². The number of hydrogen-bond donors (Lipinski definition) is 1. The number of rotatable bonds is 5. The fraction of sp³-hybridized carbons (Fsp3) is 0.0400. The first kappa shape index (κ1) is 18.3. The van der Waals surface area contributed by atoms with Crippen LogP contribution >= 0.6 is 11.3 Å². The molecule has 0 aliphatic carbocycles. The number of nitrogens with one attached hydrogen (secondary N) is 1. The lowest BCUT2D eigenvalue weighted by Gasteiger charge is -2.07. The first-order valence-electron chi connectivity index (χ1n) is 9.63. The predicted molar refractivity (Wildman–Crippen MR) is 122 cm³/mol. The molecule has 1 N–H and O–H groups in total. The fourth-order valence-electron chi connectivity index (χ4n) is 3.26. The van der Waals surface area contributed by atoms with Gasteiger partial charge in [-0.3, -0.25) is 4.79 Å². The van der Waals surface area contributed by atoms with Gasteiger partial charge in [0.25, 0.3) is 5.56 Å². The maximum atomic E-state index is 12.6. The van der Waals surface area contributed by atoms with Gasteiger partial charge in [0.05, 0.1) is 5.39 Å². The summed E-state index contributed by atoms with van der Waals surface area (Å²) in [6.07, 6.45) is 0. The van der Waals surface area contributed by atoms with Gasteiger partial charge >= 0.3 is 0 Å². The van der Waals surface area contributed by atoms with E-state index in [1.807, 2.05) is 91.0 Å². The Morgan fingerprint density at radius 3 is 2.27 bits per heavy atom. The Labute approximate surface area is 177 Å². The zero-order valence-corrected chi connectivity index (χ0v) is 16.9. The zero-order chi connectivity index (χ0) is 20.3. The molecule has 0 atom stereocenters. The standard InChI is InChI=1S/C25H18N2O2S/c28-24-21-15-22(18-9-5-2-6-10-18)30-25(21)27-23(26-24)19-11-13-20(14-12-19)29-16-17-7-3-1-4-8-17/h1-15H,16H2,(H,26,27,28). The van der Waals surface area contributed by atoms with E-state index in [0.717, 1.165) is 32.1 Å². The van der Waals surface area contributed by atoms with Gasteiger partial charge in [0.15, 0.2) is 0 Å². The molecule has 2 heterocycles. The minimum absolute atomic E-state index is 0.127. The SMILES string of the molecule is O=c1[nH]c(-c2ccc(OCc3ccccc3)cc2)nc2sc(-c3ccccc3)cc12. The van der Waals surface area contributed by atoms with Gasteiger partial charge in [0.1, 0.15) is 23.0 Å². The minimum Gasteiger partial charge on any atom is -0.489 e. The van der Waals surface area contributed by atoms with Crippen molar-refractivity contribution in [3.05, 3.63) is 107 Å². The van der Waals surface area contributed by atoms with Gasteiger partial charge in [-0.1, -0.05) is 60.7 Å². The average Bonchev–Trinajstić information content (AvgIpc) is 3.24. The molecule has 30 heavy (non-hydrogen) atoms. The molecule has 146 valence electrons. The van der Waals surface area contributed by atoms with Crippen molar-refractivity contribution in [1.82, 2.24) is 9.97 Å². The van der Waals surface area contributed by atoms with Crippen molar-refractivity contribution >= 4 is 21.6 Å². The number of thiophene rings is 1.